The number of carbonyl (C=O) groups excluding carboxylic acids is 2. The molecule has 0 aromatic heterocycles. The van der Waals surface area contributed by atoms with Gasteiger partial charge in [-0.3, -0.25) is 9.59 Å². The average Bonchev–Trinajstić information content (AvgIpc) is 0.910. The minimum absolute atomic E-state index is 0.127. The normalized spacial score (nSPS) is 18.2. The highest BCUT2D eigenvalue weighted by Crippen LogP contribution is 2.27. The maximum Gasteiger partial charge on any atom is 0.306 e. The lowest BCUT2D eigenvalue weighted by Crippen LogP contribution is -2.61. The van der Waals surface area contributed by atoms with Gasteiger partial charge in [0.25, 0.3) is 0 Å². The fourth-order valence-corrected chi connectivity index (χ4v) is 12.4. The van der Waals surface area contributed by atoms with Gasteiger partial charge in [-0.15, -0.1) is 0 Å². The fourth-order valence-electron chi connectivity index (χ4n) is 12.4. The molecule has 1 fully saturated rings. The predicted molar refractivity (Wildman–Crippen MR) is 393 cm³/mol. The van der Waals surface area contributed by atoms with Crippen LogP contribution in [0, 0.1) is 0 Å². The molecular formula is C82H149NO10. The van der Waals surface area contributed by atoms with Gasteiger partial charge in [0.2, 0.25) is 5.91 Å². The number of aliphatic hydroxyl groups is 5. The molecule has 6 N–H and O–H groups in total. The third-order valence-corrected chi connectivity index (χ3v) is 18.6. The molecule has 1 aliphatic rings. The fraction of sp³-hybridized carbons (Fsp3) is 0.829. The van der Waals surface area contributed by atoms with Crippen molar-refractivity contribution in [2.45, 2.75) is 423 Å². The van der Waals surface area contributed by atoms with Gasteiger partial charge in [-0.1, -0.05) is 370 Å². The lowest BCUT2D eigenvalue weighted by Gasteiger charge is -2.41. The zero-order valence-electron chi connectivity index (χ0n) is 60.6. The minimum Gasteiger partial charge on any atom is -0.454 e. The van der Waals surface area contributed by atoms with Crippen LogP contribution in [0.1, 0.15) is 374 Å². The van der Waals surface area contributed by atoms with Crippen LogP contribution in [0.15, 0.2) is 72.9 Å². The van der Waals surface area contributed by atoms with Crippen molar-refractivity contribution in [2.24, 2.45) is 0 Å². The molecule has 11 nitrogen and oxygen atoms in total. The van der Waals surface area contributed by atoms with E-state index in [1.165, 1.54) is 231 Å². The predicted octanol–water partition coefficient (Wildman–Crippen LogP) is 21.4. The summed E-state index contributed by atoms with van der Waals surface area (Å²) in [6.07, 6.45) is 81.0. The van der Waals surface area contributed by atoms with Crippen molar-refractivity contribution in [1.29, 1.82) is 0 Å². The standard InChI is InChI=1S/C82H149NO10/c1-4-7-10-13-16-19-22-25-27-29-31-33-35-37-39-40-42-44-46-48-51-54-57-60-63-66-69-75(86)81(90)83-73(74(85)68-65-62-59-56-53-50-24-21-18-15-12-9-6-3)72-91-82-80(79(89)78(88)76(71-84)92-82)93-77(87)70-67-64-61-58-55-52-49-47-45-43-41-38-36-34-32-30-28-26-23-20-17-14-11-8-5-2/h7,10,16,19,25,27,31,33,37,39,65,68,73-76,78-80,82,84-86,88-89H,4-6,8-9,11-15,17-18,20-24,26,28-30,32,34-36,38,40-64,66-67,69-72H2,1-3H3,(H,83,90)/b10-7-,19-16-,27-25-,33-31-,39-37-,68-65+. The number of nitrogens with one attached hydrogen (secondary N) is 1. The molecule has 542 valence electrons. The number of unbranched alkanes of at least 4 members (excludes halogenated alkanes) is 45. The highest BCUT2D eigenvalue weighted by molar-refractivity contribution is 5.80. The van der Waals surface area contributed by atoms with Gasteiger partial charge < -0.3 is 45.1 Å². The summed E-state index contributed by atoms with van der Waals surface area (Å²) in [6.45, 7) is 5.74. The summed E-state index contributed by atoms with van der Waals surface area (Å²) < 4.78 is 17.8. The van der Waals surface area contributed by atoms with Crippen molar-refractivity contribution in [1.82, 2.24) is 5.32 Å². The van der Waals surface area contributed by atoms with Crippen LogP contribution < -0.4 is 5.32 Å². The second-order valence-electron chi connectivity index (χ2n) is 27.4. The molecule has 0 aromatic carbocycles. The zero-order chi connectivity index (χ0) is 67.4. The molecule has 1 amide bonds. The largest absolute Gasteiger partial charge is 0.454 e. The van der Waals surface area contributed by atoms with Gasteiger partial charge in [0.1, 0.15) is 24.4 Å². The topological polar surface area (TPSA) is 175 Å². The summed E-state index contributed by atoms with van der Waals surface area (Å²) in [4.78, 5) is 26.8. The first-order valence-corrected chi connectivity index (χ1v) is 39.7. The molecule has 93 heavy (non-hydrogen) atoms. The third kappa shape index (κ3) is 55.8. The van der Waals surface area contributed by atoms with Gasteiger partial charge in [0.15, 0.2) is 12.4 Å². The average molecular weight is 1310 g/mol. The Balaban J connectivity index is 2.52. The van der Waals surface area contributed by atoms with E-state index < -0.39 is 67.4 Å². The maximum absolute atomic E-state index is 13.5. The second-order valence-corrected chi connectivity index (χ2v) is 27.4. The van der Waals surface area contributed by atoms with Crippen molar-refractivity contribution >= 4 is 11.9 Å². The van der Waals surface area contributed by atoms with E-state index in [2.05, 4.69) is 86.8 Å². The van der Waals surface area contributed by atoms with E-state index >= 15 is 0 Å². The van der Waals surface area contributed by atoms with Crippen molar-refractivity contribution < 1.29 is 49.3 Å². The van der Waals surface area contributed by atoms with E-state index in [4.69, 9.17) is 14.2 Å². The van der Waals surface area contributed by atoms with Crippen LogP contribution in [0.5, 0.6) is 0 Å². The van der Waals surface area contributed by atoms with E-state index in [0.717, 1.165) is 96.3 Å². The molecule has 0 spiro atoms. The van der Waals surface area contributed by atoms with Gasteiger partial charge in [0.05, 0.1) is 25.4 Å². The second kappa shape index (κ2) is 69.0. The molecule has 1 saturated heterocycles. The van der Waals surface area contributed by atoms with Gasteiger partial charge in [-0.2, -0.15) is 0 Å². The zero-order valence-corrected chi connectivity index (χ0v) is 60.6. The minimum atomic E-state index is -1.62. The number of esters is 1. The summed E-state index contributed by atoms with van der Waals surface area (Å²) >= 11 is 0. The Morgan fingerprint density at radius 3 is 1.16 bits per heavy atom. The molecule has 1 heterocycles. The number of hydrogen-bond acceptors (Lipinski definition) is 10. The number of aliphatic hydroxyl groups excluding tert-OH is 5. The third-order valence-electron chi connectivity index (χ3n) is 18.6. The number of amides is 1. The highest BCUT2D eigenvalue weighted by atomic mass is 16.7. The summed E-state index contributed by atoms with van der Waals surface area (Å²) in [6, 6.07) is -1.03. The number of carbonyl (C=O) groups is 2. The molecule has 0 radical (unpaired) electrons. The molecule has 0 aromatic rings. The Morgan fingerprint density at radius 1 is 0.430 bits per heavy atom. The van der Waals surface area contributed by atoms with Crippen molar-refractivity contribution in [3.05, 3.63) is 72.9 Å². The monoisotopic (exact) mass is 1310 g/mol. The summed E-state index contributed by atoms with van der Waals surface area (Å²) in [5.41, 5.74) is 0. The van der Waals surface area contributed by atoms with Crippen LogP contribution in [0.25, 0.3) is 0 Å². The van der Waals surface area contributed by atoms with Crippen molar-refractivity contribution in [2.75, 3.05) is 13.2 Å². The lowest BCUT2D eigenvalue weighted by molar-refractivity contribution is -0.305. The van der Waals surface area contributed by atoms with E-state index in [9.17, 15) is 35.1 Å². The molecule has 1 aliphatic heterocycles. The molecule has 0 bridgehead atoms. The van der Waals surface area contributed by atoms with Gasteiger partial charge >= 0.3 is 5.97 Å². The van der Waals surface area contributed by atoms with E-state index in [1.54, 1.807) is 6.08 Å². The van der Waals surface area contributed by atoms with Gasteiger partial charge in [-0.25, -0.2) is 0 Å². The Bertz CT molecular complexity index is 1800. The van der Waals surface area contributed by atoms with Crippen LogP contribution in [0.2, 0.25) is 0 Å². The van der Waals surface area contributed by atoms with Crippen LogP contribution in [0.3, 0.4) is 0 Å². The molecule has 8 atom stereocenters. The van der Waals surface area contributed by atoms with Crippen LogP contribution in [0.4, 0.5) is 0 Å². The molecule has 8 unspecified atom stereocenters. The smallest absolute Gasteiger partial charge is 0.306 e. The SMILES string of the molecule is CC/C=C\C/C=C\C/C=C\C/C=C\C/C=C\CCCCCCCCCCCCC(O)C(=O)NC(COC1OC(CO)C(O)C(O)C1OC(=O)CCCCCCCCCCCCCCCCCCCCCCCCCCC)C(O)/C=C/CCCCCCCCCCCCC. The van der Waals surface area contributed by atoms with Gasteiger partial charge in [-0.05, 0) is 70.6 Å². The summed E-state index contributed by atoms with van der Waals surface area (Å²) in [5, 5.41) is 57.5. The quantitative estimate of drug-likeness (QED) is 0.0195. The number of hydrogen-bond donors (Lipinski definition) is 6. The molecule has 0 aliphatic carbocycles. The first-order chi connectivity index (χ1) is 45.7. The Morgan fingerprint density at radius 2 is 0.774 bits per heavy atom. The molecule has 0 saturated carbocycles. The Hall–Kier alpha value is -2.90. The number of ether oxygens (including phenoxy) is 3. The number of rotatable bonds is 69. The molecular weight excluding hydrogens is 1160 g/mol. The maximum atomic E-state index is 13.5. The van der Waals surface area contributed by atoms with E-state index in [-0.39, 0.29) is 19.4 Å². The van der Waals surface area contributed by atoms with E-state index in [0.29, 0.717) is 12.8 Å². The summed E-state index contributed by atoms with van der Waals surface area (Å²) in [5.74, 6) is -1.18. The first kappa shape index (κ1) is 88.1. The Labute approximate surface area is 572 Å². The molecule has 11 heteroatoms. The van der Waals surface area contributed by atoms with E-state index in [1.807, 2.05) is 6.08 Å². The van der Waals surface area contributed by atoms with Gasteiger partial charge in [0, 0.05) is 6.42 Å². The highest BCUT2D eigenvalue weighted by Gasteiger charge is 2.47. The summed E-state index contributed by atoms with van der Waals surface area (Å²) in [7, 11) is 0. The van der Waals surface area contributed by atoms with Crippen molar-refractivity contribution in [3.63, 3.8) is 0 Å². The lowest BCUT2D eigenvalue weighted by atomic mass is 9.99. The van der Waals surface area contributed by atoms with Crippen molar-refractivity contribution in [3.8, 4) is 0 Å². The van der Waals surface area contributed by atoms with Crippen LogP contribution in [-0.2, 0) is 23.8 Å². The van der Waals surface area contributed by atoms with Crippen LogP contribution in [-0.4, -0.2) is 99.6 Å². The molecule has 1 rings (SSSR count). The van der Waals surface area contributed by atoms with Crippen LogP contribution >= 0.6 is 0 Å². The first-order valence-electron chi connectivity index (χ1n) is 39.7. The Kier molecular flexibility index (Phi) is 65.4. The number of allylic oxidation sites excluding steroid dienone is 11.